The van der Waals surface area contributed by atoms with Crippen LogP contribution in [0.1, 0.15) is 6.42 Å². The van der Waals surface area contributed by atoms with Crippen LogP contribution < -0.4 is 0 Å². The molecule has 4 nitrogen and oxygen atoms in total. The molecule has 0 saturated carbocycles. The first-order chi connectivity index (χ1) is 13.6. The Morgan fingerprint density at radius 1 is 1.14 bits per heavy atom. The normalized spacial score (nSPS) is 15.5. The molecule has 0 atom stereocenters. The second-order valence-corrected chi connectivity index (χ2v) is 8.81. The van der Waals surface area contributed by atoms with Crippen molar-refractivity contribution in [1.82, 2.24) is 14.3 Å². The van der Waals surface area contributed by atoms with Gasteiger partial charge in [-0.15, -0.1) is 0 Å². The molecule has 2 heterocycles. The Kier molecular flexibility index (Phi) is 6.38. The number of ether oxygens (including phenoxy) is 1. The van der Waals surface area contributed by atoms with Crippen LogP contribution in [0.25, 0.3) is 22.6 Å². The van der Waals surface area contributed by atoms with Crippen LogP contribution >= 0.6 is 39.5 Å². The molecule has 8 heteroatoms. The summed E-state index contributed by atoms with van der Waals surface area (Å²) in [5, 5.41) is 0.709. The Morgan fingerprint density at radius 3 is 2.86 bits per heavy atom. The first-order valence-corrected chi connectivity index (χ1v) is 10.9. The Balaban J connectivity index is 1.57. The van der Waals surface area contributed by atoms with Gasteiger partial charge in [-0.3, -0.25) is 0 Å². The van der Waals surface area contributed by atoms with E-state index in [2.05, 4.69) is 30.2 Å². The zero-order valence-corrected chi connectivity index (χ0v) is 18.1. The fourth-order valence-corrected chi connectivity index (χ4v) is 4.42. The molecule has 1 aliphatic rings. The molecule has 0 bridgehead atoms. The third-order valence-electron chi connectivity index (χ3n) is 4.42. The molecule has 0 unspecified atom stereocenters. The van der Waals surface area contributed by atoms with E-state index in [4.69, 9.17) is 16.3 Å². The molecule has 1 aromatic heterocycles. The smallest absolute Gasteiger partial charge is 0.138 e. The Bertz CT molecular complexity index is 976. The highest BCUT2D eigenvalue weighted by Gasteiger charge is 2.15. The van der Waals surface area contributed by atoms with E-state index in [1.54, 1.807) is 24.2 Å². The van der Waals surface area contributed by atoms with Crippen LogP contribution in [0.3, 0.4) is 0 Å². The average molecular weight is 483 g/mol. The van der Waals surface area contributed by atoms with Gasteiger partial charge in [-0.05, 0) is 64.6 Å². The number of hydrogen-bond acceptors (Lipinski definition) is 4. The third-order valence-corrected chi connectivity index (χ3v) is 6.66. The highest BCUT2D eigenvalue weighted by atomic mass is 79.9. The van der Waals surface area contributed by atoms with E-state index in [1.807, 2.05) is 24.3 Å². The number of imidazole rings is 1. The fourth-order valence-electron chi connectivity index (χ4n) is 2.95. The number of nitrogens with zero attached hydrogens (tertiary/aromatic N) is 2. The second kappa shape index (κ2) is 8.97. The number of nitrogens with one attached hydrogen (secondary N) is 1. The molecule has 146 valence electrons. The molecule has 0 aliphatic carbocycles. The molecule has 28 heavy (non-hydrogen) atoms. The van der Waals surface area contributed by atoms with Gasteiger partial charge in [0.05, 0.1) is 28.0 Å². The van der Waals surface area contributed by atoms with Gasteiger partial charge in [0.2, 0.25) is 0 Å². The number of rotatable bonds is 4. The monoisotopic (exact) mass is 481 g/mol. The molecule has 1 N–H and O–H groups in total. The lowest BCUT2D eigenvalue weighted by Gasteiger charge is -2.18. The number of benzene rings is 2. The summed E-state index contributed by atoms with van der Waals surface area (Å²) in [5.41, 5.74) is 2.43. The van der Waals surface area contributed by atoms with Gasteiger partial charge in [-0.25, -0.2) is 13.7 Å². The standard InChI is InChI=1S/C20H18BrClFN3OS/c21-15-4-2-13(10-17(15)23)18-12-24-20(25-18)14-3-5-16(22)19(11-14)28-26-6-1-8-27-9-7-26/h2-5,10-12H,1,6-9H2,(H,24,25). The van der Waals surface area contributed by atoms with Crippen LogP contribution in [0.4, 0.5) is 4.39 Å². The Labute approximate surface area is 180 Å². The molecule has 1 saturated heterocycles. The van der Waals surface area contributed by atoms with Crippen molar-refractivity contribution in [1.29, 1.82) is 0 Å². The van der Waals surface area contributed by atoms with Crippen molar-refractivity contribution in [2.75, 3.05) is 26.3 Å². The number of aromatic nitrogens is 2. The molecule has 1 aliphatic heterocycles. The molecule has 1 fully saturated rings. The van der Waals surface area contributed by atoms with Gasteiger partial charge >= 0.3 is 0 Å². The summed E-state index contributed by atoms with van der Waals surface area (Å²) in [6.45, 7) is 3.36. The molecule has 4 rings (SSSR count). The highest BCUT2D eigenvalue weighted by Crippen LogP contribution is 2.34. The predicted octanol–water partition coefficient (Wildman–Crippen LogP) is 6.03. The molecular weight excluding hydrogens is 465 g/mol. The predicted molar refractivity (Wildman–Crippen MR) is 115 cm³/mol. The van der Waals surface area contributed by atoms with E-state index >= 15 is 0 Å². The van der Waals surface area contributed by atoms with Crippen LogP contribution in [-0.2, 0) is 4.74 Å². The van der Waals surface area contributed by atoms with Crippen LogP contribution in [0.15, 0.2) is 52.0 Å². The van der Waals surface area contributed by atoms with Gasteiger partial charge in [-0.2, -0.15) is 0 Å². The van der Waals surface area contributed by atoms with E-state index in [9.17, 15) is 4.39 Å². The van der Waals surface area contributed by atoms with Crippen molar-refractivity contribution in [3.8, 4) is 22.6 Å². The zero-order chi connectivity index (χ0) is 19.5. The second-order valence-electron chi connectivity index (χ2n) is 6.41. The average Bonchev–Trinajstić information content (AvgIpc) is 3.04. The van der Waals surface area contributed by atoms with Crippen molar-refractivity contribution in [2.45, 2.75) is 11.3 Å². The summed E-state index contributed by atoms with van der Waals surface area (Å²) in [5.74, 6) is 0.413. The van der Waals surface area contributed by atoms with E-state index in [1.165, 1.54) is 6.07 Å². The summed E-state index contributed by atoms with van der Waals surface area (Å²) < 4.78 is 22.1. The number of aromatic amines is 1. The molecular formula is C20H18BrClFN3OS. The van der Waals surface area contributed by atoms with Crippen molar-refractivity contribution >= 4 is 39.5 Å². The van der Waals surface area contributed by atoms with Gasteiger partial charge in [0.25, 0.3) is 0 Å². The van der Waals surface area contributed by atoms with E-state index in [-0.39, 0.29) is 5.82 Å². The van der Waals surface area contributed by atoms with Crippen LogP contribution in [0.2, 0.25) is 5.02 Å². The summed E-state index contributed by atoms with van der Waals surface area (Å²) in [7, 11) is 0. The topological polar surface area (TPSA) is 41.2 Å². The van der Waals surface area contributed by atoms with E-state index < -0.39 is 0 Å². The molecule has 0 spiro atoms. The van der Waals surface area contributed by atoms with Crippen molar-refractivity contribution in [3.63, 3.8) is 0 Å². The summed E-state index contributed by atoms with van der Waals surface area (Å²) >= 11 is 11.2. The highest BCUT2D eigenvalue weighted by molar-refractivity contribution is 9.10. The minimum absolute atomic E-state index is 0.305. The van der Waals surface area contributed by atoms with Crippen molar-refractivity contribution in [2.24, 2.45) is 0 Å². The van der Waals surface area contributed by atoms with Gasteiger partial charge in [0.1, 0.15) is 11.6 Å². The maximum absolute atomic E-state index is 13.8. The Morgan fingerprint density at radius 2 is 2.00 bits per heavy atom. The summed E-state index contributed by atoms with van der Waals surface area (Å²) in [4.78, 5) is 8.73. The van der Waals surface area contributed by atoms with E-state index in [0.717, 1.165) is 60.3 Å². The SMILES string of the molecule is Fc1cc(-c2cnc(-c3ccc(Cl)c(SN4CCCOCC4)c3)[nH]2)ccc1Br. The number of H-pyrrole nitrogens is 1. The number of halogens is 3. The minimum Gasteiger partial charge on any atom is -0.380 e. The lowest BCUT2D eigenvalue weighted by molar-refractivity contribution is 0.148. The van der Waals surface area contributed by atoms with Crippen LogP contribution in [0.5, 0.6) is 0 Å². The van der Waals surface area contributed by atoms with Gasteiger partial charge < -0.3 is 9.72 Å². The quantitative estimate of drug-likeness (QED) is 0.461. The fraction of sp³-hybridized carbons (Fsp3) is 0.250. The largest absolute Gasteiger partial charge is 0.380 e. The summed E-state index contributed by atoms with van der Waals surface area (Å²) in [6, 6.07) is 10.9. The zero-order valence-electron chi connectivity index (χ0n) is 14.9. The van der Waals surface area contributed by atoms with E-state index in [0.29, 0.717) is 9.50 Å². The first kappa shape index (κ1) is 19.9. The lowest BCUT2D eigenvalue weighted by atomic mass is 10.2. The van der Waals surface area contributed by atoms with Gasteiger partial charge in [0.15, 0.2) is 0 Å². The number of hydrogen-bond donors (Lipinski definition) is 1. The lowest BCUT2D eigenvalue weighted by Crippen LogP contribution is -2.18. The molecule has 3 aromatic rings. The molecule has 2 aromatic carbocycles. The van der Waals surface area contributed by atoms with Crippen molar-refractivity contribution in [3.05, 3.63) is 57.9 Å². The molecule has 0 amide bonds. The minimum atomic E-state index is -0.305. The molecule has 0 radical (unpaired) electrons. The maximum atomic E-state index is 13.8. The Hall–Kier alpha value is -1.38. The third kappa shape index (κ3) is 4.60. The van der Waals surface area contributed by atoms with Crippen LogP contribution in [0, 0.1) is 5.82 Å². The van der Waals surface area contributed by atoms with Gasteiger partial charge in [0, 0.05) is 35.7 Å². The maximum Gasteiger partial charge on any atom is 0.138 e. The van der Waals surface area contributed by atoms with Crippen LogP contribution in [-0.4, -0.2) is 40.6 Å². The van der Waals surface area contributed by atoms with Crippen molar-refractivity contribution < 1.29 is 9.13 Å². The first-order valence-electron chi connectivity index (χ1n) is 8.91. The summed E-state index contributed by atoms with van der Waals surface area (Å²) in [6.07, 6.45) is 2.72. The van der Waals surface area contributed by atoms with Gasteiger partial charge in [-0.1, -0.05) is 17.7 Å².